The zero-order valence-electron chi connectivity index (χ0n) is 6.30. The summed E-state index contributed by atoms with van der Waals surface area (Å²) in [6.07, 6.45) is 0. The molecule has 0 fully saturated rings. The third kappa shape index (κ3) is 1.10. The highest BCUT2D eigenvalue weighted by Crippen LogP contribution is 2.32. The van der Waals surface area contributed by atoms with E-state index in [1.807, 2.05) is 18.2 Å². The largest absolute Gasteiger partial charge is 0.493 e. The number of hydrogen-bond acceptors (Lipinski definition) is 1. The van der Waals surface area contributed by atoms with Crippen LogP contribution in [0.5, 0.6) is 5.75 Å². The molecule has 0 saturated heterocycles. The van der Waals surface area contributed by atoms with Crippen LogP contribution in [0.2, 0.25) is 5.02 Å². The van der Waals surface area contributed by atoms with E-state index in [2.05, 4.69) is 6.92 Å². The first kappa shape index (κ1) is 6.99. The summed E-state index contributed by atoms with van der Waals surface area (Å²) < 4.78 is 5.42. The number of benzene rings is 1. The van der Waals surface area contributed by atoms with Crippen LogP contribution in [-0.2, 0) is 0 Å². The van der Waals surface area contributed by atoms with E-state index in [0.29, 0.717) is 5.92 Å². The molecule has 0 radical (unpaired) electrons. The Morgan fingerprint density at radius 3 is 3.09 bits per heavy atom. The molecule has 0 aliphatic carbocycles. The van der Waals surface area contributed by atoms with Gasteiger partial charge in [0.05, 0.1) is 6.61 Å². The highest BCUT2D eigenvalue weighted by Gasteiger charge is 2.15. The number of ether oxygens (including phenoxy) is 1. The summed E-state index contributed by atoms with van der Waals surface area (Å²) in [5.74, 6) is 1.29. The Labute approximate surface area is 70.9 Å². The van der Waals surface area contributed by atoms with Crippen molar-refractivity contribution in [1.82, 2.24) is 0 Å². The van der Waals surface area contributed by atoms with Gasteiger partial charge in [0.15, 0.2) is 0 Å². The van der Waals surface area contributed by atoms with E-state index in [1.165, 1.54) is 5.56 Å². The first-order chi connectivity index (χ1) is 5.27. The minimum absolute atomic E-state index is 0.412. The molecule has 0 spiro atoms. The van der Waals surface area contributed by atoms with Gasteiger partial charge in [-0.05, 0) is 17.7 Å². The Bertz CT molecular complexity index is 283. The Morgan fingerprint density at radius 1 is 1.55 bits per heavy atom. The van der Waals surface area contributed by atoms with Crippen molar-refractivity contribution in [2.75, 3.05) is 6.61 Å². The van der Waals surface area contributed by atoms with Crippen molar-refractivity contribution in [3.63, 3.8) is 0 Å². The summed E-state index contributed by atoms with van der Waals surface area (Å²) in [6, 6.07) is 5.88. The molecular formula is C9H9ClO. The van der Waals surface area contributed by atoms with Gasteiger partial charge in [-0.2, -0.15) is 0 Å². The van der Waals surface area contributed by atoms with Crippen molar-refractivity contribution in [3.8, 4) is 5.75 Å². The van der Waals surface area contributed by atoms with Gasteiger partial charge in [0, 0.05) is 10.9 Å². The van der Waals surface area contributed by atoms with E-state index in [0.717, 1.165) is 17.4 Å². The van der Waals surface area contributed by atoms with E-state index in [-0.39, 0.29) is 0 Å². The van der Waals surface area contributed by atoms with Crippen LogP contribution in [0.25, 0.3) is 0 Å². The minimum atomic E-state index is 0.412. The quantitative estimate of drug-likeness (QED) is 0.579. The molecule has 11 heavy (non-hydrogen) atoms. The van der Waals surface area contributed by atoms with E-state index in [9.17, 15) is 0 Å². The maximum absolute atomic E-state index is 5.98. The fraction of sp³-hybridized carbons (Fsp3) is 0.333. The molecular weight excluding hydrogens is 160 g/mol. The lowest BCUT2D eigenvalue weighted by Crippen LogP contribution is -2.02. The molecule has 2 heteroatoms. The first-order valence-corrected chi connectivity index (χ1v) is 4.07. The summed E-state index contributed by atoms with van der Waals surface area (Å²) >= 11 is 5.98. The van der Waals surface area contributed by atoms with Crippen molar-refractivity contribution in [2.45, 2.75) is 12.8 Å². The number of hydrogen-bond donors (Lipinski definition) is 0. The van der Waals surface area contributed by atoms with Crippen LogP contribution in [0, 0.1) is 0 Å². The third-order valence-corrected chi connectivity index (χ3v) is 2.33. The molecule has 2 aliphatic heterocycles. The molecule has 2 aliphatic rings. The molecule has 0 amide bonds. The third-order valence-electron chi connectivity index (χ3n) is 2.00. The van der Waals surface area contributed by atoms with Crippen LogP contribution in [-0.4, -0.2) is 6.61 Å². The smallest absolute Gasteiger partial charge is 0.120 e. The second-order valence-electron chi connectivity index (χ2n) is 2.90. The van der Waals surface area contributed by atoms with Crippen molar-refractivity contribution >= 4 is 11.6 Å². The second kappa shape index (κ2) is 2.42. The van der Waals surface area contributed by atoms with Crippen molar-refractivity contribution in [3.05, 3.63) is 28.8 Å². The Balaban J connectivity index is 2.57. The summed E-state index contributed by atoms with van der Waals surface area (Å²) in [5, 5.41) is 0.826. The van der Waals surface area contributed by atoms with Gasteiger partial charge in [0.1, 0.15) is 5.75 Å². The van der Waals surface area contributed by atoms with E-state index < -0.39 is 0 Å². The topological polar surface area (TPSA) is 9.23 Å². The minimum Gasteiger partial charge on any atom is -0.493 e. The standard InChI is InChI=1S/C9H9ClO/c1-6-5-11-7-2-3-8(6)9(10)4-7/h2-4,6H,5H2,1H3. The maximum atomic E-state index is 5.98. The summed E-state index contributed by atoms with van der Waals surface area (Å²) in [6.45, 7) is 2.86. The SMILES string of the molecule is CC1COc2ccc1c(Cl)c2. The van der Waals surface area contributed by atoms with Gasteiger partial charge in [-0.15, -0.1) is 0 Å². The van der Waals surface area contributed by atoms with Gasteiger partial charge in [-0.3, -0.25) is 0 Å². The molecule has 1 aromatic rings. The fourth-order valence-corrected chi connectivity index (χ4v) is 1.67. The average molecular weight is 169 g/mol. The highest BCUT2D eigenvalue weighted by molar-refractivity contribution is 6.31. The molecule has 1 nitrogen and oxygen atoms in total. The lowest BCUT2D eigenvalue weighted by atomic mass is 10.0. The van der Waals surface area contributed by atoms with Gasteiger partial charge in [-0.1, -0.05) is 24.6 Å². The van der Waals surface area contributed by atoms with Crippen LogP contribution >= 0.6 is 11.6 Å². The number of halogens is 1. The number of rotatable bonds is 0. The van der Waals surface area contributed by atoms with Crippen molar-refractivity contribution in [1.29, 1.82) is 0 Å². The van der Waals surface area contributed by atoms with Crippen molar-refractivity contribution < 1.29 is 4.74 Å². The predicted octanol–water partition coefficient (Wildman–Crippen LogP) is 2.84. The monoisotopic (exact) mass is 168 g/mol. The van der Waals surface area contributed by atoms with Crippen LogP contribution < -0.4 is 4.74 Å². The van der Waals surface area contributed by atoms with Crippen molar-refractivity contribution in [2.24, 2.45) is 0 Å². The Hall–Kier alpha value is -0.690. The molecule has 58 valence electrons. The molecule has 0 N–H and O–H groups in total. The van der Waals surface area contributed by atoms with Gasteiger partial charge < -0.3 is 4.74 Å². The molecule has 2 bridgehead atoms. The summed E-state index contributed by atoms with van der Waals surface area (Å²) in [5.41, 5.74) is 1.19. The van der Waals surface area contributed by atoms with E-state index in [1.54, 1.807) is 0 Å². The van der Waals surface area contributed by atoms with E-state index >= 15 is 0 Å². The van der Waals surface area contributed by atoms with Gasteiger partial charge in [0.25, 0.3) is 0 Å². The first-order valence-electron chi connectivity index (χ1n) is 3.69. The zero-order chi connectivity index (χ0) is 7.84. The Kier molecular flexibility index (Phi) is 1.53. The molecule has 0 saturated carbocycles. The molecule has 3 rings (SSSR count). The fourth-order valence-electron chi connectivity index (χ4n) is 1.31. The maximum Gasteiger partial charge on any atom is 0.120 e. The molecule has 0 aromatic heterocycles. The lowest BCUT2D eigenvalue weighted by Gasteiger charge is -2.06. The average Bonchev–Trinajstić information content (AvgIpc) is 2.21. The predicted molar refractivity (Wildman–Crippen MR) is 45.4 cm³/mol. The molecule has 2 heterocycles. The van der Waals surface area contributed by atoms with Gasteiger partial charge >= 0.3 is 0 Å². The highest BCUT2D eigenvalue weighted by atomic mass is 35.5. The van der Waals surface area contributed by atoms with Gasteiger partial charge in [0.2, 0.25) is 0 Å². The van der Waals surface area contributed by atoms with Crippen LogP contribution in [0.1, 0.15) is 18.4 Å². The molecule has 1 atom stereocenters. The lowest BCUT2D eigenvalue weighted by molar-refractivity contribution is 0.303. The van der Waals surface area contributed by atoms with Crippen LogP contribution in [0.3, 0.4) is 0 Å². The number of fused-ring (bicyclic) bond motifs is 4. The summed E-state index contributed by atoms with van der Waals surface area (Å²) in [4.78, 5) is 0. The van der Waals surface area contributed by atoms with E-state index in [4.69, 9.17) is 16.3 Å². The van der Waals surface area contributed by atoms with Crippen LogP contribution in [0.15, 0.2) is 18.2 Å². The molecule has 1 unspecified atom stereocenters. The van der Waals surface area contributed by atoms with Crippen LogP contribution in [0.4, 0.5) is 0 Å². The zero-order valence-corrected chi connectivity index (χ0v) is 7.06. The normalized spacial score (nSPS) is 21.1. The molecule has 1 aromatic carbocycles. The van der Waals surface area contributed by atoms with Gasteiger partial charge in [-0.25, -0.2) is 0 Å². The summed E-state index contributed by atoms with van der Waals surface area (Å²) in [7, 11) is 0. The Morgan fingerprint density at radius 2 is 2.36 bits per heavy atom. The second-order valence-corrected chi connectivity index (χ2v) is 3.30.